The van der Waals surface area contributed by atoms with Gasteiger partial charge < -0.3 is 15.6 Å². The third kappa shape index (κ3) is 3.38. The highest BCUT2D eigenvalue weighted by molar-refractivity contribution is 5.99. The molecule has 0 spiro atoms. The van der Waals surface area contributed by atoms with Crippen LogP contribution in [0.15, 0.2) is 67.3 Å². The number of H-pyrrole nitrogens is 2. The Morgan fingerprint density at radius 3 is 2.67 bits per heavy atom. The lowest BCUT2D eigenvalue weighted by atomic mass is 10.0. The summed E-state index contributed by atoms with van der Waals surface area (Å²) in [4.78, 5) is 23.8. The Morgan fingerprint density at radius 1 is 0.917 bits per heavy atom. The lowest BCUT2D eigenvalue weighted by molar-refractivity contribution is 0.514. The first-order valence-corrected chi connectivity index (χ1v) is 11.5. The Morgan fingerprint density at radius 2 is 1.81 bits per heavy atom. The summed E-state index contributed by atoms with van der Waals surface area (Å²) in [6.45, 7) is 1.53. The van der Waals surface area contributed by atoms with Crippen LogP contribution in [0.25, 0.3) is 55.8 Å². The molecule has 7 rings (SSSR count). The van der Waals surface area contributed by atoms with Crippen molar-refractivity contribution in [1.82, 2.24) is 35.1 Å². The molecule has 1 aromatic carbocycles. The molecule has 36 heavy (non-hydrogen) atoms. The second-order valence-corrected chi connectivity index (χ2v) is 8.93. The minimum absolute atomic E-state index is 0.173. The van der Waals surface area contributed by atoms with Gasteiger partial charge >= 0.3 is 0 Å². The van der Waals surface area contributed by atoms with E-state index in [2.05, 4.69) is 30.0 Å². The molecule has 0 bridgehead atoms. The number of rotatable bonds is 4. The summed E-state index contributed by atoms with van der Waals surface area (Å²) in [5, 5.41) is 8.51. The Kier molecular flexibility index (Phi) is 4.55. The highest BCUT2D eigenvalue weighted by Crippen LogP contribution is 2.34. The second kappa shape index (κ2) is 7.92. The van der Waals surface area contributed by atoms with Crippen molar-refractivity contribution in [2.24, 2.45) is 5.73 Å². The number of nitrogens with two attached hydrogens (primary N) is 1. The van der Waals surface area contributed by atoms with E-state index in [-0.39, 0.29) is 11.9 Å². The minimum atomic E-state index is -0.292. The predicted octanol–water partition coefficient (Wildman–Crippen LogP) is 3.91. The van der Waals surface area contributed by atoms with Crippen LogP contribution < -0.4 is 10.6 Å². The molecule has 4 N–H and O–H groups in total. The first-order valence-electron chi connectivity index (χ1n) is 11.5. The van der Waals surface area contributed by atoms with Crippen LogP contribution >= 0.6 is 0 Å². The van der Waals surface area contributed by atoms with Gasteiger partial charge in [-0.3, -0.25) is 15.1 Å². The summed E-state index contributed by atoms with van der Waals surface area (Å²) >= 11 is 0. The molecule has 5 aromatic heterocycles. The summed E-state index contributed by atoms with van der Waals surface area (Å²) < 4.78 is 13.9. The molecular formula is C26H20FN9. The van der Waals surface area contributed by atoms with Crippen molar-refractivity contribution in [3.05, 3.63) is 73.1 Å². The maximum atomic E-state index is 13.9. The van der Waals surface area contributed by atoms with Crippen LogP contribution in [-0.2, 0) is 0 Å². The molecule has 0 amide bonds. The SMILES string of the molecule is NC1CN(c2cncc(-c3ccc4[nH]nc(-c5cc6c(-c7cccc(F)c7)cncc6[nH]5)c4n3)n2)C1. The highest BCUT2D eigenvalue weighted by Gasteiger charge is 2.25. The monoisotopic (exact) mass is 477 g/mol. The Labute approximate surface area is 204 Å². The van der Waals surface area contributed by atoms with Gasteiger partial charge in [-0.15, -0.1) is 0 Å². The first-order chi connectivity index (χ1) is 17.6. The maximum absolute atomic E-state index is 13.9. The van der Waals surface area contributed by atoms with Gasteiger partial charge in [0.1, 0.15) is 28.5 Å². The summed E-state index contributed by atoms with van der Waals surface area (Å²) in [5.74, 6) is 0.496. The van der Waals surface area contributed by atoms with Crippen molar-refractivity contribution in [2.45, 2.75) is 6.04 Å². The quantitative estimate of drug-likeness (QED) is 0.351. The number of pyridine rings is 2. The van der Waals surface area contributed by atoms with E-state index in [4.69, 9.17) is 15.7 Å². The van der Waals surface area contributed by atoms with Gasteiger partial charge in [0.15, 0.2) is 0 Å². The zero-order chi connectivity index (χ0) is 24.2. The number of hydrogen-bond acceptors (Lipinski definition) is 7. The van der Waals surface area contributed by atoms with Gasteiger partial charge in [0.25, 0.3) is 0 Å². The molecule has 6 aromatic rings. The van der Waals surface area contributed by atoms with Crippen LogP contribution in [0.1, 0.15) is 0 Å². The number of halogens is 1. The number of fused-ring (bicyclic) bond motifs is 2. The van der Waals surface area contributed by atoms with Crippen molar-refractivity contribution >= 4 is 27.8 Å². The fraction of sp³-hybridized carbons (Fsp3) is 0.115. The molecule has 9 nitrogen and oxygen atoms in total. The van der Waals surface area contributed by atoms with E-state index < -0.39 is 0 Å². The molecule has 6 heterocycles. The van der Waals surface area contributed by atoms with Crippen molar-refractivity contribution in [1.29, 1.82) is 0 Å². The largest absolute Gasteiger partial charge is 0.352 e. The third-order valence-electron chi connectivity index (χ3n) is 6.46. The van der Waals surface area contributed by atoms with Crippen molar-refractivity contribution < 1.29 is 4.39 Å². The van der Waals surface area contributed by atoms with Gasteiger partial charge in [0, 0.05) is 36.3 Å². The van der Waals surface area contributed by atoms with Gasteiger partial charge in [-0.2, -0.15) is 5.10 Å². The van der Waals surface area contributed by atoms with Crippen LogP contribution in [0.2, 0.25) is 0 Å². The van der Waals surface area contributed by atoms with Crippen molar-refractivity contribution in [3.8, 4) is 33.9 Å². The Hall–Kier alpha value is -4.70. The second-order valence-electron chi connectivity index (χ2n) is 8.93. The van der Waals surface area contributed by atoms with Crippen LogP contribution in [0.5, 0.6) is 0 Å². The molecule has 0 unspecified atom stereocenters. The number of nitrogens with one attached hydrogen (secondary N) is 2. The van der Waals surface area contributed by atoms with Gasteiger partial charge in [-0.05, 0) is 35.9 Å². The molecule has 1 aliphatic heterocycles. The minimum Gasteiger partial charge on any atom is -0.352 e. The van der Waals surface area contributed by atoms with Gasteiger partial charge in [0.05, 0.1) is 41.0 Å². The van der Waals surface area contributed by atoms with E-state index in [1.54, 1.807) is 30.9 Å². The Bertz CT molecular complexity index is 1750. The number of hydrogen-bond donors (Lipinski definition) is 3. The molecule has 176 valence electrons. The number of aromatic amines is 2. The van der Waals surface area contributed by atoms with Crippen LogP contribution in [0, 0.1) is 5.82 Å². The van der Waals surface area contributed by atoms with Gasteiger partial charge in [-0.1, -0.05) is 12.1 Å². The number of aromatic nitrogens is 7. The van der Waals surface area contributed by atoms with E-state index >= 15 is 0 Å². The van der Waals surface area contributed by atoms with E-state index in [9.17, 15) is 4.39 Å². The molecule has 0 atom stereocenters. The van der Waals surface area contributed by atoms with Crippen LogP contribution in [0.4, 0.5) is 10.2 Å². The lowest BCUT2D eigenvalue weighted by Gasteiger charge is -2.37. The van der Waals surface area contributed by atoms with Crippen LogP contribution in [-0.4, -0.2) is 54.2 Å². The smallest absolute Gasteiger partial charge is 0.147 e. The normalized spacial score (nSPS) is 14.0. The maximum Gasteiger partial charge on any atom is 0.147 e. The van der Waals surface area contributed by atoms with Crippen LogP contribution in [0.3, 0.4) is 0 Å². The average Bonchev–Trinajstić information content (AvgIpc) is 3.50. The zero-order valence-electron chi connectivity index (χ0n) is 19.0. The third-order valence-corrected chi connectivity index (χ3v) is 6.46. The van der Waals surface area contributed by atoms with Gasteiger partial charge in [0.2, 0.25) is 0 Å². The molecule has 0 aliphatic carbocycles. The molecule has 0 saturated carbocycles. The fourth-order valence-corrected chi connectivity index (χ4v) is 4.63. The zero-order valence-corrected chi connectivity index (χ0v) is 19.0. The highest BCUT2D eigenvalue weighted by atomic mass is 19.1. The van der Waals surface area contributed by atoms with E-state index in [0.717, 1.165) is 52.1 Å². The number of nitrogens with zero attached hydrogens (tertiary/aromatic N) is 6. The predicted molar refractivity (Wildman–Crippen MR) is 136 cm³/mol. The Balaban J connectivity index is 1.31. The van der Waals surface area contributed by atoms with Gasteiger partial charge in [-0.25, -0.2) is 14.4 Å². The molecule has 0 radical (unpaired) electrons. The standard InChI is InChI=1S/C26H20FN9/c27-15-3-1-2-14(6-15)18-8-29-9-22-17(18)7-21(31-22)26-25-20(34-35-26)5-4-19(33-25)23-10-30-11-24(32-23)36-12-16(28)13-36/h1-11,16,31H,12-13,28H2,(H,34,35). The molecule has 10 heteroatoms. The summed E-state index contributed by atoms with van der Waals surface area (Å²) in [5.41, 5.74) is 12.7. The van der Waals surface area contributed by atoms with E-state index in [1.165, 1.54) is 12.1 Å². The fourth-order valence-electron chi connectivity index (χ4n) is 4.63. The van der Waals surface area contributed by atoms with E-state index in [0.29, 0.717) is 22.6 Å². The molecular weight excluding hydrogens is 457 g/mol. The molecule has 1 aliphatic rings. The first kappa shape index (κ1) is 20.7. The summed E-state index contributed by atoms with van der Waals surface area (Å²) in [6.07, 6.45) is 6.94. The topological polar surface area (TPSA) is 125 Å². The summed E-state index contributed by atoms with van der Waals surface area (Å²) in [6, 6.07) is 12.5. The summed E-state index contributed by atoms with van der Waals surface area (Å²) in [7, 11) is 0. The molecule has 1 fully saturated rings. The van der Waals surface area contributed by atoms with E-state index in [1.807, 2.05) is 24.3 Å². The number of benzene rings is 1. The lowest BCUT2D eigenvalue weighted by Crippen LogP contribution is -2.56. The number of anilines is 1. The van der Waals surface area contributed by atoms with Crippen molar-refractivity contribution in [2.75, 3.05) is 18.0 Å². The van der Waals surface area contributed by atoms with Crippen molar-refractivity contribution in [3.63, 3.8) is 0 Å². The molecule has 1 saturated heterocycles. The average molecular weight is 478 g/mol.